The highest BCUT2D eigenvalue weighted by Gasteiger charge is 2.27. The minimum atomic E-state index is -3.45. The van der Waals surface area contributed by atoms with Gasteiger partial charge in [0.05, 0.1) is 9.80 Å². The molecular weight excluding hydrogens is 268 g/mol. The topological polar surface area (TPSA) is 34.1 Å². The lowest BCUT2D eigenvalue weighted by Gasteiger charge is -2.15. The number of sulfone groups is 1. The van der Waals surface area contributed by atoms with Crippen molar-refractivity contribution in [3.8, 4) is 0 Å². The summed E-state index contributed by atoms with van der Waals surface area (Å²) >= 11 is 0. The van der Waals surface area contributed by atoms with Crippen LogP contribution in [-0.4, -0.2) is 8.42 Å². The SMILES string of the molecule is C=C(C)C1=C(S(=O)(=O)c2ccccc2)CCCCC1=C. The van der Waals surface area contributed by atoms with E-state index in [9.17, 15) is 8.42 Å². The average molecular weight is 288 g/mol. The van der Waals surface area contributed by atoms with Gasteiger partial charge in [0, 0.05) is 0 Å². The van der Waals surface area contributed by atoms with Crippen molar-refractivity contribution in [3.63, 3.8) is 0 Å². The van der Waals surface area contributed by atoms with E-state index in [0.29, 0.717) is 16.2 Å². The maximum absolute atomic E-state index is 12.9. The molecule has 2 rings (SSSR count). The Hall–Kier alpha value is -1.61. The number of rotatable bonds is 3. The second-order valence-corrected chi connectivity index (χ2v) is 7.18. The largest absolute Gasteiger partial charge is 0.219 e. The van der Waals surface area contributed by atoms with Gasteiger partial charge < -0.3 is 0 Å². The normalized spacial score (nSPS) is 16.9. The van der Waals surface area contributed by atoms with E-state index in [1.807, 2.05) is 13.0 Å². The van der Waals surface area contributed by atoms with E-state index in [2.05, 4.69) is 13.2 Å². The van der Waals surface area contributed by atoms with Gasteiger partial charge in [-0.15, -0.1) is 0 Å². The smallest absolute Gasteiger partial charge is 0.203 e. The van der Waals surface area contributed by atoms with E-state index in [-0.39, 0.29) is 0 Å². The van der Waals surface area contributed by atoms with Crippen LogP contribution in [0, 0.1) is 0 Å². The predicted molar refractivity (Wildman–Crippen MR) is 83.1 cm³/mol. The minimum absolute atomic E-state index is 0.350. The van der Waals surface area contributed by atoms with Gasteiger partial charge in [-0.25, -0.2) is 8.42 Å². The Labute approximate surface area is 121 Å². The Morgan fingerprint density at radius 2 is 1.70 bits per heavy atom. The van der Waals surface area contributed by atoms with Crippen molar-refractivity contribution in [2.45, 2.75) is 37.5 Å². The fourth-order valence-electron chi connectivity index (χ4n) is 2.62. The molecule has 0 bridgehead atoms. The van der Waals surface area contributed by atoms with Crippen LogP contribution >= 0.6 is 0 Å². The molecule has 0 radical (unpaired) electrons. The van der Waals surface area contributed by atoms with Crippen LogP contribution in [0.4, 0.5) is 0 Å². The van der Waals surface area contributed by atoms with Crippen LogP contribution < -0.4 is 0 Å². The van der Waals surface area contributed by atoms with Crippen molar-refractivity contribution in [1.29, 1.82) is 0 Å². The molecule has 3 heteroatoms. The van der Waals surface area contributed by atoms with Gasteiger partial charge in [-0.3, -0.25) is 0 Å². The van der Waals surface area contributed by atoms with Gasteiger partial charge >= 0.3 is 0 Å². The molecule has 0 N–H and O–H groups in total. The molecule has 0 spiro atoms. The molecule has 0 fully saturated rings. The molecule has 1 aliphatic carbocycles. The third-order valence-corrected chi connectivity index (χ3v) is 5.52. The second-order valence-electron chi connectivity index (χ2n) is 5.21. The van der Waals surface area contributed by atoms with Crippen LogP contribution in [-0.2, 0) is 9.84 Å². The predicted octanol–water partition coefficient (Wildman–Crippen LogP) is 4.42. The molecule has 1 aromatic rings. The van der Waals surface area contributed by atoms with Crippen molar-refractivity contribution in [2.24, 2.45) is 0 Å². The zero-order valence-electron chi connectivity index (χ0n) is 11.9. The molecule has 0 saturated carbocycles. The van der Waals surface area contributed by atoms with Crippen LogP contribution in [0.25, 0.3) is 0 Å². The summed E-state index contributed by atoms with van der Waals surface area (Å²) in [4.78, 5) is 0.835. The van der Waals surface area contributed by atoms with Crippen LogP contribution in [0.1, 0.15) is 32.6 Å². The number of hydrogen-bond acceptors (Lipinski definition) is 2. The fourth-order valence-corrected chi connectivity index (χ4v) is 4.42. The van der Waals surface area contributed by atoms with Crippen molar-refractivity contribution in [1.82, 2.24) is 0 Å². The molecule has 0 heterocycles. The lowest BCUT2D eigenvalue weighted by molar-refractivity contribution is 0.598. The van der Waals surface area contributed by atoms with Crippen LogP contribution in [0.15, 0.2) is 70.0 Å². The Balaban J connectivity index is 2.65. The van der Waals surface area contributed by atoms with E-state index in [4.69, 9.17) is 0 Å². The number of benzene rings is 1. The maximum Gasteiger partial charge on any atom is 0.203 e. The second kappa shape index (κ2) is 5.80. The Kier molecular flexibility index (Phi) is 4.29. The number of hydrogen-bond donors (Lipinski definition) is 0. The molecule has 0 atom stereocenters. The molecule has 0 aliphatic heterocycles. The minimum Gasteiger partial charge on any atom is -0.219 e. The van der Waals surface area contributed by atoms with Gasteiger partial charge in [0.1, 0.15) is 0 Å². The molecule has 1 aromatic carbocycles. The molecule has 0 amide bonds. The molecule has 0 unspecified atom stereocenters. The molecule has 106 valence electrons. The molecule has 0 saturated heterocycles. The number of allylic oxidation sites excluding steroid dienone is 4. The molecule has 2 nitrogen and oxygen atoms in total. The van der Waals surface area contributed by atoms with Gasteiger partial charge in [0.15, 0.2) is 0 Å². The first-order valence-electron chi connectivity index (χ1n) is 6.82. The van der Waals surface area contributed by atoms with Crippen LogP contribution in [0.3, 0.4) is 0 Å². The van der Waals surface area contributed by atoms with Gasteiger partial charge in [-0.1, -0.05) is 31.4 Å². The summed E-state index contributed by atoms with van der Waals surface area (Å²) in [6, 6.07) is 8.61. The van der Waals surface area contributed by atoms with Gasteiger partial charge in [-0.05, 0) is 61.5 Å². The summed E-state index contributed by atoms with van der Waals surface area (Å²) in [6.07, 6.45) is 3.26. The zero-order chi connectivity index (χ0) is 14.8. The van der Waals surface area contributed by atoms with Gasteiger partial charge in [0.2, 0.25) is 9.84 Å². The van der Waals surface area contributed by atoms with E-state index >= 15 is 0 Å². The lowest BCUT2D eigenvalue weighted by atomic mass is 9.99. The first-order chi connectivity index (χ1) is 9.44. The van der Waals surface area contributed by atoms with Crippen LogP contribution in [0.2, 0.25) is 0 Å². The molecule has 0 aromatic heterocycles. The van der Waals surface area contributed by atoms with E-state index in [1.165, 1.54) is 0 Å². The van der Waals surface area contributed by atoms with Crippen molar-refractivity contribution in [3.05, 3.63) is 65.1 Å². The summed E-state index contributed by atoms with van der Waals surface area (Å²) in [5, 5.41) is 0. The summed E-state index contributed by atoms with van der Waals surface area (Å²) in [5.74, 6) is 0. The third-order valence-electron chi connectivity index (χ3n) is 3.57. The molecule has 1 aliphatic rings. The Bertz CT molecular complexity index is 664. The lowest BCUT2D eigenvalue weighted by Crippen LogP contribution is -2.08. The van der Waals surface area contributed by atoms with Crippen molar-refractivity contribution in [2.75, 3.05) is 0 Å². The van der Waals surface area contributed by atoms with E-state index in [0.717, 1.165) is 36.0 Å². The third kappa shape index (κ3) is 2.78. The van der Waals surface area contributed by atoms with E-state index in [1.54, 1.807) is 24.3 Å². The highest BCUT2D eigenvalue weighted by atomic mass is 32.2. The Morgan fingerprint density at radius 3 is 2.30 bits per heavy atom. The summed E-state index contributed by atoms with van der Waals surface area (Å²) in [5.41, 5.74) is 2.43. The fraction of sp³-hybridized carbons (Fsp3) is 0.294. The molecular formula is C17H20O2S. The first kappa shape index (κ1) is 14.8. The Morgan fingerprint density at radius 1 is 1.10 bits per heavy atom. The molecule has 20 heavy (non-hydrogen) atoms. The van der Waals surface area contributed by atoms with Crippen molar-refractivity contribution >= 4 is 9.84 Å². The van der Waals surface area contributed by atoms with Crippen LogP contribution in [0.5, 0.6) is 0 Å². The van der Waals surface area contributed by atoms with E-state index < -0.39 is 9.84 Å². The monoisotopic (exact) mass is 288 g/mol. The maximum atomic E-state index is 12.9. The first-order valence-corrected chi connectivity index (χ1v) is 8.30. The van der Waals surface area contributed by atoms with Crippen molar-refractivity contribution < 1.29 is 8.42 Å². The summed E-state index contributed by atoms with van der Waals surface area (Å²) in [6.45, 7) is 9.85. The highest BCUT2D eigenvalue weighted by Crippen LogP contribution is 2.36. The zero-order valence-corrected chi connectivity index (χ0v) is 12.7. The standard InChI is InChI=1S/C17H20O2S/c1-13(2)17-14(3)9-7-8-12-16(17)20(18,19)15-10-5-4-6-11-15/h4-6,10-11H,1,3,7-9,12H2,2H3. The average Bonchev–Trinajstić information content (AvgIpc) is 2.62. The summed E-state index contributed by atoms with van der Waals surface area (Å²) in [7, 11) is -3.45. The van der Waals surface area contributed by atoms with Gasteiger partial charge in [0.25, 0.3) is 0 Å². The van der Waals surface area contributed by atoms with Gasteiger partial charge in [-0.2, -0.15) is 0 Å². The highest BCUT2D eigenvalue weighted by molar-refractivity contribution is 7.95. The summed E-state index contributed by atoms with van der Waals surface area (Å²) < 4.78 is 25.7. The quantitative estimate of drug-likeness (QED) is 0.825.